The quantitative estimate of drug-likeness (QED) is 0.687. The van der Waals surface area contributed by atoms with Gasteiger partial charge in [-0.05, 0) is 30.7 Å². The molecule has 0 heterocycles. The van der Waals surface area contributed by atoms with E-state index in [2.05, 4.69) is 0 Å². The molecule has 0 aliphatic heterocycles. The van der Waals surface area contributed by atoms with Crippen molar-refractivity contribution < 1.29 is 4.39 Å². The van der Waals surface area contributed by atoms with Gasteiger partial charge in [0.15, 0.2) is 0 Å². The summed E-state index contributed by atoms with van der Waals surface area (Å²) < 4.78 is 12.8. The van der Waals surface area contributed by atoms with Gasteiger partial charge >= 0.3 is 0 Å². The number of hydrogen-bond acceptors (Lipinski definition) is 2. The Hall–Kier alpha value is -1.40. The van der Waals surface area contributed by atoms with Crippen LogP contribution in [0, 0.1) is 17.1 Å². The second kappa shape index (κ2) is 3.33. The van der Waals surface area contributed by atoms with Crippen LogP contribution in [-0.2, 0) is 0 Å². The van der Waals surface area contributed by atoms with Crippen molar-refractivity contribution in [2.24, 2.45) is 5.73 Å². The van der Waals surface area contributed by atoms with Gasteiger partial charge in [-0.2, -0.15) is 5.26 Å². The van der Waals surface area contributed by atoms with Crippen molar-refractivity contribution in [2.75, 3.05) is 0 Å². The van der Waals surface area contributed by atoms with Gasteiger partial charge in [-0.25, -0.2) is 4.39 Å². The highest BCUT2D eigenvalue weighted by molar-refractivity contribution is 5.34. The molecule has 0 amide bonds. The van der Waals surface area contributed by atoms with E-state index >= 15 is 0 Å². The van der Waals surface area contributed by atoms with E-state index in [-0.39, 0.29) is 6.04 Å². The summed E-state index contributed by atoms with van der Waals surface area (Å²) in [5, 5.41) is 8.51. The molecule has 0 fully saturated rings. The molecule has 0 radical (unpaired) electrons. The first-order valence-corrected chi connectivity index (χ1v) is 3.59. The SMILES string of the molecule is C[C@@H](N)c1cc(F)cc(C#N)c1. The predicted octanol–water partition coefficient (Wildman–Crippen LogP) is 1.72. The number of nitriles is 1. The number of halogens is 1. The molecule has 0 aliphatic carbocycles. The Bertz CT molecular complexity index is 326. The van der Waals surface area contributed by atoms with Crippen LogP contribution in [-0.4, -0.2) is 0 Å². The molecule has 1 aromatic carbocycles. The predicted molar refractivity (Wildman–Crippen MR) is 43.7 cm³/mol. The summed E-state index contributed by atoms with van der Waals surface area (Å²) >= 11 is 0. The molecule has 2 nitrogen and oxygen atoms in total. The molecular formula is C9H9FN2. The van der Waals surface area contributed by atoms with Gasteiger partial charge < -0.3 is 5.73 Å². The van der Waals surface area contributed by atoms with E-state index in [0.29, 0.717) is 11.1 Å². The zero-order valence-electron chi connectivity index (χ0n) is 6.71. The van der Waals surface area contributed by atoms with Crippen molar-refractivity contribution in [3.05, 3.63) is 35.1 Å². The molecular weight excluding hydrogens is 155 g/mol. The molecule has 0 aliphatic rings. The van der Waals surface area contributed by atoms with Crippen LogP contribution in [0.2, 0.25) is 0 Å². The average Bonchev–Trinajstić information content (AvgIpc) is 2.03. The van der Waals surface area contributed by atoms with Gasteiger partial charge in [-0.15, -0.1) is 0 Å². The number of hydrogen-bond donors (Lipinski definition) is 1. The maximum atomic E-state index is 12.8. The molecule has 0 saturated heterocycles. The maximum absolute atomic E-state index is 12.8. The van der Waals surface area contributed by atoms with Crippen LogP contribution < -0.4 is 5.73 Å². The van der Waals surface area contributed by atoms with Gasteiger partial charge in [-0.1, -0.05) is 0 Å². The first kappa shape index (κ1) is 8.69. The summed E-state index contributed by atoms with van der Waals surface area (Å²) in [6, 6.07) is 5.74. The molecule has 0 unspecified atom stereocenters. The Balaban J connectivity index is 3.17. The van der Waals surface area contributed by atoms with Crippen molar-refractivity contribution in [2.45, 2.75) is 13.0 Å². The van der Waals surface area contributed by atoms with Crippen LogP contribution in [0.3, 0.4) is 0 Å². The summed E-state index contributed by atoms with van der Waals surface area (Å²) in [4.78, 5) is 0. The standard InChI is InChI=1S/C9H9FN2/c1-6(12)8-2-7(5-11)3-9(10)4-8/h2-4,6H,12H2,1H3/t6-/m1/s1. The largest absolute Gasteiger partial charge is 0.324 e. The van der Waals surface area contributed by atoms with Crippen LogP contribution in [0.4, 0.5) is 4.39 Å². The van der Waals surface area contributed by atoms with Gasteiger partial charge in [0.05, 0.1) is 11.6 Å². The molecule has 1 aromatic rings. The molecule has 0 saturated carbocycles. The molecule has 12 heavy (non-hydrogen) atoms. The van der Waals surface area contributed by atoms with Crippen LogP contribution in [0.25, 0.3) is 0 Å². The van der Waals surface area contributed by atoms with E-state index in [4.69, 9.17) is 11.0 Å². The number of benzene rings is 1. The van der Waals surface area contributed by atoms with Crippen molar-refractivity contribution in [3.8, 4) is 6.07 Å². The van der Waals surface area contributed by atoms with E-state index in [9.17, 15) is 4.39 Å². The molecule has 0 bridgehead atoms. The van der Waals surface area contributed by atoms with Gasteiger partial charge in [0, 0.05) is 6.04 Å². The lowest BCUT2D eigenvalue weighted by Crippen LogP contribution is -2.05. The average molecular weight is 164 g/mol. The topological polar surface area (TPSA) is 49.8 Å². The number of nitrogens with zero attached hydrogens (tertiary/aromatic N) is 1. The van der Waals surface area contributed by atoms with Gasteiger partial charge in [0.2, 0.25) is 0 Å². The van der Waals surface area contributed by atoms with E-state index in [1.54, 1.807) is 13.0 Å². The Kier molecular flexibility index (Phi) is 2.41. The minimum atomic E-state index is -0.415. The fourth-order valence-corrected chi connectivity index (χ4v) is 0.940. The van der Waals surface area contributed by atoms with Crippen LogP contribution in [0.15, 0.2) is 18.2 Å². The third kappa shape index (κ3) is 1.80. The molecule has 0 aromatic heterocycles. The molecule has 62 valence electrons. The zero-order chi connectivity index (χ0) is 9.14. The number of nitrogens with two attached hydrogens (primary N) is 1. The molecule has 1 rings (SSSR count). The van der Waals surface area contributed by atoms with Crippen LogP contribution >= 0.6 is 0 Å². The summed E-state index contributed by atoms with van der Waals surface area (Å²) in [5.74, 6) is -0.415. The highest BCUT2D eigenvalue weighted by Crippen LogP contribution is 2.13. The highest BCUT2D eigenvalue weighted by Gasteiger charge is 2.03. The van der Waals surface area contributed by atoms with E-state index in [0.717, 1.165) is 0 Å². The zero-order valence-corrected chi connectivity index (χ0v) is 6.71. The summed E-state index contributed by atoms with van der Waals surface area (Å²) in [6.07, 6.45) is 0. The molecule has 1 atom stereocenters. The van der Waals surface area contributed by atoms with E-state index in [1.165, 1.54) is 12.1 Å². The van der Waals surface area contributed by atoms with Crippen molar-refractivity contribution in [1.29, 1.82) is 5.26 Å². The minimum Gasteiger partial charge on any atom is -0.324 e. The normalized spacial score (nSPS) is 12.2. The second-order valence-corrected chi connectivity index (χ2v) is 2.67. The lowest BCUT2D eigenvalue weighted by atomic mass is 10.1. The van der Waals surface area contributed by atoms with Crippen molar-refractivity contribution in [3.63, 3.8) is 0 Å². The third-order valence-electron chi connectivity index (χ3n) is 1.57. The third-order valence-corrected chi connectivity index (χ3v) is 1.57. The smallest absolute Gasteiger partial charge is 0.124 e. The monoisotopic (exact) mass is 164 g/mol. The lowest BCUT2D eigenvalue weighted by molar-refractivity contribution is 0.622. The maximum Gasteiger partial charge on any atom is 0.124 e. The lowest BCUT2D eigenvalue weighted by Gasteiger charge is -2.05. The van der Waals surface area contributed by atoms with Gasteiger partial charge in [-0.3, -0.25) is 0 Å². The number of rotatable bonds is 1. The van der Waals surface area contributed by atoms with Gasteiger partial charge in [0.25, 0.3) is 0 Å². The molecule has 0 spiro atoms. The molecule has 3 heteroatoms. The minimum absolute atomic E-state index is 0.243. The van der Waals surface area contributed by atoms with Crippen LogP contribution in [0.5, 0.6) is 0 Å². The second-order valence-electron chi connectivity index (χ2n) is 2.67. The van der Waals surface area contributed by atoms with Gasteiger partial charge in [0.1, 0.15) is 5.82 Å². The van der Waals surface area contributed by atoms with Crippen LogP contribution in [0.1, 0.15) is 24.1 Å². The first-order valence-electron chi connectivity index (χ1n) is 3.59. The Morgan fingerprint density at radius 3 is 2.67 bits per heavy atom. The van der Waals surface area contributed by atoms with E-state index in [1.807, 2.05) is 6.07 Å². The first-order chi connectivity index (χ1) is 5.63. The Morgan fingerprint density at radius 1 is 1.50 bits per heavy atom. The summed E-state index contributed by atoms with van der Waals surface area (Å²) in [5.41, 5.74) is 6.48. The Morgan fingerprint density at radius 2 is 2.17 bits per heavy atom. The van der Waals surface area contributed by atoms with Crippen molar-refractivity contribution >= 4 is 0 Å². The molecule has 2 N–H and O–H groups in total. The fourth-order valence-electron chi connectivity index (χ4n) is 0.940. The fraction of sp³-hybridized carbons (Fsp3) is 0.222. The highest BCUT2D eigenvalue weighted by atomic mass is 19.1. The Labute approximate surface area is 70.4 Å². The van der Waals surface area contributed by atoms with E-state index < -0.39 is 5.82 Å². The van der Waals surface area contributed by atoms with Crippen molar-refractivity contribution in [1.82, 2.24) is 0 Å². The summed E-state index contributed by atoms with van der Waals surface area (Å²) in [7, 11) is 0. The summed E-state index contributed by atoms with van der Waals surface area (Å²) in [6.45, 7) is 1.75.